The summed E-state index contributed by atoms with van der Waals surface area (Å²) >= 11 is 0. The lowest BCUT2D eigenvalue weighted by Crippen LogP contribution is -2.13. The minimum absolute atomic E-state index is 0.0399. The van der Waals surface area contributed by atoms with E-state index in [1.165, 1.54) is 19.2 Å². The Bertz CT molecular complexity index is 930. The highest BCUT2D eigenvalue weighted by Crippen LogP contribution is 2.34. The van der Waals surface area contributed by atoms with Gasteiger partial charge >= 0.3 is 6.18 Å². The van der Waals surface area contributed by atoms with Crippen LogP contribution in [0, 0.1) is 6.92 Å². The van der Waals surface area contributed by atoms with Crippen molar-refractivity contribution in [3.8, 4) is 17.1 Å². The molecule has 5 nitrogen and oxygen atoms in total. The second-order valence-electron chi connectivity index (χ2n) is 5.83. The minimum Gasteiger partial charge on any atom is -0.497 e. The fourth-order valence-electron chi connectivity index (χ4n) is 2.57. The number of anilines is 1. The molecule has 3 aromatic rings. The monoisotopic (exact) mass is 374 g/mol. The Morgan fingerprint density at radius 3 is 2.59 bits per heavy atom. The van der Waals surface area contributed by atoms with Crippen LogP contribution in [0.4, 0.5) is 19.0 Å². The third kappa shape index (κ3) is 4.52. The molecule has 0 fully saturated rings. The lowest BCUT2D eigenvalue weighted by Gasteiger charge is -2.15. The molecular weight excluding hydrogens is 357 g/mol. The topological polar surface area (TPSA) is 59.9 Å². The molecule has 0 saturated heterocycles. The fourth-order valence-corrected chi connectivity index (χ4v) is 2.57. The first-order valence-corrected chi connectivity index (χ1v) is 8.11. The quantitative estimate of drug-likeness (QED) is 0.713. The van der Waals surface area contributed by atoms with E-state index in [-0.39, 0.29) is 17.9 Å². The molecule has 0 atom stereocenters. The molecule has 0 saturated carbocycles. The Balaban J connectivity index is 1.86. The van der Waals surface area contributed by atoms with Crippen LogP contribution >= 0.6 is 0 Å². The zero-order chi connectivity index (χ0) is 19.4. The number of benzene rings is 1. The largest absolute Gasteiger partial charge is 0.497 e. The van der Waals surface area contributed by atoms with Crippen molar-refractivity contribution < 1.29 is 17.9 Å². The number of methoxy groups -OCH3 is 1. The Morgan fingerprint density at radius 1 is 1.11 bits per heavy atom. The summed E-state index contributed by atoms with van der Waals surface area (Å²) in [5, 5.41) is 2.95. The van der Waals surface area contributed by atoms with E-state index in [1.54, 1.807) is 31.5 Å². The summed E-state index contributed by atoms with van der Waals surface area (Å²) in [7, 11) is 1.33. The Morgan fingerprint density at radius 2 is 1.93 bits per heavy atom. The fraction of sp³-hybridized carbons (Fsp3) is 0.211. The van der Waals surface area contributed by atoms with Gasteiger partial charge in [0.1, 0.15) is 11.6 Å². The number of alkyl halides is 3. The average Bonchev–Trinajstić information content (AvgIpc) is 2.66. The van der Waals surface area contributed by atoms with Crippen molar-refractivity contribution in [1.82, 2.24) is 15.0 Å². The van der Waals surface area contributed by atoms with Gasteiger partial charge in [-0.1, -0.05) is 6.07 Å². The van der Waals surface area contributed by atoms with Gasteiger partial charge in [0, 0.05) is 36.3 Å². The summed E-state index contributed by atoms with van der Waals surface area (Å²) in [5.74, 6) is 1.05. The second kappa shape index (κ2) is 7.61. The van der Waals surface area contributed by atoms with Crippen LogP contribution in [0.5, 0.6) is 5.75 Å². The van der Waals surface area contributed by atoms with Crippen molar-refractivity contribution >= 4 is 5.82 Å². The first-order chi connectivity index (χ1) is 12.9. The molecule has 0 amide bonds. The van der Waals surface area contributed by atoms with E-state index in [9.17, 15) is 13.2 Å². The molecule has 0 aliphatic carbocycles. The van der Waals surface area contributed by atoms with Crippen molar-refractivity contribution in [2.24, 2.45) is 0 Å². The van der Waals surface area contributed by atoms with Crippen molar-refractivity contribution in [3.05, 3.63) is 65.6 Å². The molecule has 0 unspecified atom stereocenters. The van der Waals surface area contributed by atoms with Crippen LogP contribution in [0.3, 0.4) is 0 Å². The lowest BCUT2D eigenvalue weighted by molar-refractivity contribution is -0.138. The predicted octanol–water partition coefficient (Wildman–Crippen LogP) is 4.49. The molecular formula is C19H17F3N4O. The molecule has 140 valence electrons. The summed E-state index contributed by atoms with van der Waals surface area (Å²) in [6.45, 7) is 1.75. The zero-order valence-electron chi connectivity index (χ0n) is 14.7. The van der Waals surface area contributed by atoms with E-state index in [2.05, 4.69) is 20.3 Å². The van der Waals surface area contributed by atoms with E-state index in [1.807, 2.05) is 6.07 Å². The van der Waals surface area contributed by atoms with Gasteiger partial charge in [0.2, 0.25) is 0 Å². The molecule has 1 aromatic carbocycles. The maximum Gasteiger partial charge on any atom is 0.416 e. The lowest BCUT2D eigenvalue weighted by atomic mass is 10.1. The van der Waals surface area contributed by atoms with Gasteiger partial charge in [0.15, 0.2) is 5.82 Å². The third-order valence-corrected chi connectivity index (χ3v) is 3.86. The number of aromatic nitrogens is 3. The van der Waals surface area contributed by atoms with E-state index in [4.69, 9.17) is 4.74 Å². The number of hydrogen-bond donors (Lipinski definition) is 1. The number of pyridine rings is 1. The van der Waals surface area contributed by atoms with E-state index in [0.717, 1.165) is 11.6 Å². The minimum atomic E-state index is -4.48. The summed E-state index contributed by atoms with van der Waals surface area (Å²) in [5.41, 5.74) is 0.775. The van der Waals surface area contributed by atoms with Crippen molar-refractivity contribution in [2.75, 3.05) is 12.4 Å². The Labute approximate surface area is 154 Å². The molecule has 0 bridgehead atoms. The number of rotatable bonds is 5. The number of ether oxygens (including phenoxy) is 1. The molecule has 0 aliphatic heterocycles. The number of halogens is 3. The van der Waals surface area contributed by atoms with Gasteiger partial charge in [-0.2, -0.15) is 13.2 Å². The molecule has 2 aromatic heterocycles. The molecule has 0 spiro atoms. The molecule has 8 heteroatoms. The SMILES string of the molecule is COc1ccc(CNc2cc(C)nc(-c3cccnc3)n2)c(C(F)(F)F)c1. The van der Waals surface area contributed by atoms with Crippen LogP contribution in [0.2, 0.25) is 0 Å². The van der Waals surface area contributed by atoms with Crippen LogP contribution in [0.25, 0.3) is 11.4 Å². The Kier molecular flexibility index (Phi) is 5.25. The summed E-state index contributed by atoms with van der Waals surface area (Å²) in [6, 6.07) is 9.14. The van der Waals surface area contributed by atoms with Crippen molar-refractivity contribution in [1.29, 1.82) is 0 Å². The van der Waals surface area contributed by atoms with Crippen LogP contribution in [-0.2, 0) is 12.7 Å². The molecule has 27 heavy (non-hydrogen) atoms. The smallest absolute Gasteiger partial charge is 0.416 e. The van der Waals surface area contributed by atoms with Gasteiger partial charge < -0.3 is 10.1 Å². The molecule has 3 rings (SSSR count). The Hall–Kier alpha value is -3.16. The first kappa shape index (κ1) is 18.6. The number of hydrogen-bond acceptors (Lipinski definition) is 5. The molecule has 0 radical (unpaired) electrons. The summed E-state index contributed by atoms with van der Waals surface area (Å²) < 4.78 is 44.9. The van der Waals surface area contributed by atoms with Crippen LogP contribution < -0.4 is 10.1 Å². The highest BCUT2D eigenvalue weighted by molar-refractivity contribution is 5.56. The van der Waals surface area contributed by atoms with Crippen LogP contribution in [-0.4, -0.2) is 22.1 Å². The average molecular weight is 374 g/mol. The van der Waals surface area contributed by atoms with Gasteiger partial charge in [0.25, 0.3) is 0 Å². The van der Waals surface area contributed by atoms with E-state index in [0.29, 0.717) is 17.3 Å². The molecule has 0 aliphatic rings. The van der Waals surface area contributed by atoms with Gasteiger partial charge in [-0.05, 0) is 36.8 Å². The van der Waals surface area contributed by atoms with Crippen molar-refractivity contribution in [3.63, 3.8) is 0 Å². The van der Waals surface area contributed by atoms with Crippen molar-refractivity contribution in [2.45, 2.75) is 19.6 Å². The summed E-state index contributed by atoms with van der Waals surface area (Å²) in [6.07, 6.45) is -1.21. The van der Waals surface area contributed by atoms with Crippen LogP contribution in [0.1, 0.15) is 16.8 Å². The molecule has 1 N–H and O–H groups in total. The first-order valence-electron chi connectivity index (χ1n) is 8.11. The van der Waals surface area contributed by atoms with Crippen LogP contribution in [0.15, 0.2) is 48.8 Å². The number of nitrogens with zero attached hydrogens (tertiary/aromatic N) is 3. The van der Waals surface area contributed by atoms with Gasteiger partial charge in [-0.25, -0.2) is 9.97 Å². The summed E-state index contributed by atoms with van der Waals surface area (Å²) in [4.78, 5) is 12.8. The van der Waals surface area contributed by atoms with E-state index < -0.39 is 11.7 Å². The highest BCUT2D eigenvalue weighted by Gasteiger charge is 2.33. The maximum absolute atomic E-state index is 13.3. The zero-order valence-corrected chi connectivity index (χ0v) is 14.7. The predicted molar refractivity (Wildman–Crippen MR) is 95.3 cm³/mol. The highest BCUT2D eigenvalue weighted by atomic mass is 19.4. The third-order valence-electron chi connectivity index (χ3n) is 3.86. The standard InChI is InChI=1S/C19H17F3N4O/c1-12-8-17(26-18(25-12)14-4-3-7-23-10-14)24-11-13-5-6-15(27-2)9-16(13)19(20,21)22/h3-10H,11H2,1-2H3,(H,24,25,26). The van der Waals surface area contributed by atoms with Gasteiger partial charge in [-0.3, -0.25) is 4.98 Å². The number of aryl methyl sites for hydroxylation is 1. The van der Waals surface area contributed by atoms with Gasteiger partial charge in [-0.15, -0.1) is 0 Å². The second-order valence-corrected chi connectivity index (χ2v) is 5.83. The van der Waals surface area contributed by atoms with Gasteiger partial charge in [0.05, 0.1) is 12.7 Å². The maximum atomic E-state index is 13.3. The number of nitrogens with one attached hydrogen (secondary N) is 1. The molecule has 2 heterocycles. The van der Waals surface area contributed by atoms with E-state index >= 15 is 0 Å². The normalized spacial score (nSPS) is 11.3.